The normalized spacial score (nSPS) is 17.4. The van der Waals surface area contributed by atoms with Gasteiger partial charge in [0.2, 0.25) is 5.95 Å². The Labute approximate surface area is 215 Å². The summed E-state index contributed by atoms with van der Waals surface area (Å²) in [5, 5.41) is 14.5. The molecule has 3 aromatic rings. The van der Waals surface area contributed by atoms with Gasteiger partial charge in [0.25, 0.3) is 0 Å². The Bertz CT molecular complexity index is 1300. The number of aromatic nitrogens is 2. The highest BCUT2D eigenvalue weighted by atomic mass is 35.5. The fraction of sp³-hybridized carbons (Fsp3) is 0.333. The van der Waals surface area contributed by atoms with Gasteiger partial charge in [0.1, 0.15) is 17.1 Å². The second kappa shape index (κ2) is 10.4. The van der Waals surface area contributed by atoms with Crippen LogP contribution < -0.4 is 15.1 Å². The largest absolute Gasteiger partial charge is 0.508 e. The highest BCUT2D eigenvalue weighted by Crippen LogP contribution is 2.35. The summed E-state index contributed by atoms with van der Waals surface area (Å²) in [6.07, 6.45) is 4.54. The van der Waals surface area contributed by atoms with E-state index in [9.17, 15) is 5.11 Å². The minimum atomic E-state index is -0.522. The van der Waals surface area contributed by atoms with E-state index >= 15 is 4.39 Å². The van der Waals surface area contributed by atoms with Crippen LogP contribution in [0.15, 0.2) is 48.2 Å². The van der Waals surface area contributed by atoms with Crippen molar-refractivity contribution in [1.82, 2.24) is 20.2 Å². The van der Waals surface area contributed by atoms with Crippen molar-refractivity contribution in [3.63, 3.8) is 0 Å². The van der Waals surface area contributed by atoms with Crippen molar-refractivity contribution >= 4 is 46.4 Å². The lowest BCUT2D eigenvalue weighted by Crippen LogP contribution is -2.58. The molecule has 188 valence electrons. The van der Waals surface area contributed by atoms with Crippen molar-refractivity contribution in [3.8, 4) is 0 Å². The molecule has 9 heteroatoms. The van der Waals surface area contributed by atoms with Gasteiger partial charge in [-0.1, -0.05) is 41.9 Å². The number of hydrogen-bond acceptors (Lipinski definition) is 7. The molecule has 2 fully saturated rings. The lowest BCUT2D eigenvalue weighted by molar-refractivity contribution is 0.245. The molecule has 0 unspecified atom stereocenters. The number of fused-ring (bicyclic) bond motifs is 1. The van der Waals surface area contributed by atoms with Gasteiger partial charge in [0.05, 0.1) is 5.02 Å². The molecule has 2 saturated heterocycles. The summed E-state index contributed by atoms with van der Waals surface area (Å²) in [5.74, 6) is 0.702. The second-order valence-electron chi connectivity index (χ2n) is 9.40. The number of rotatable bonds is 6. The molecule has 2 aromatic carbocycles. The smallest absolute Gasteiger partial charge is 0.228 e. The number of piperazine rings is 1. The fourth-order valence-electron chi connectivity index (χ4n) is 4.48. The third kappa shape index (κ3) is 5.02. The Hall–Kier alpha value is -3.20. The fourth-order valence-corrected chi connectivity index (χ4v) is 4.73. The van der Waals surface area contributed by atoms with Gasteiger partial charge in [0, 0.05) is 56.3 Å². The second-order valence-corrected chi connectivity index (χ2v) is 9.81. The molecule has 2 N–H and O–H groups in total. The van der Waals surface area contributed by atoms with Crippen molar-refractivity contribution in [1.29, 1.82) is 0 Å². The van der Waals surface area contributed by atoms with Gasteiger partial charge in [-0.2, -0.15) is 4.98 Å². The van der Waals surface area contributed by atoms with E-state index in [0.717, 1.165) is 44.8 Å². The molecule has 0 bridgehead atoms. The Morgan fingerprint density at radius 2 is 1.86 bits per heavy atom. The van der Waals surface area contributed by atoms with Crippen LogP contribution in [0.4, 0.5) is 16.2 Å². The first-order chi connectivity index (χ1) is 17.4. The predicted octanol–water partition coefficient (Wildman–Crippen LogP) is 4.19. The third-order valence-electron chi connectivity index (χ3n) is 6.71. The first kappa shape index (κ1) is 24.5. The third-order valence-corrected chi connectivity index (χ3v) is 7.03. The van der Waals surface area contributed by atoms with Gasteiger partial charge < -0.3 is 25.1 Å². The summed E-state index contributed by atoms with van der Waals surface area (Å²) in [6.45, 7) is 4.78. The molecule has 2 aliphatic rings. The number of allylic oxidation sites excluding steroid dienone is 1. The molecule has 5 rings (SSSR count). The highest BCUT2D eigenvalue weighted by molar-refractivity contribution is 6.33. The van der Waals surface area contributed by atoms with Crippen LogP contribution in [0, 0.1) is 5.82 Å². The van der Waals surface area contributed by atoms with E-state index in [1.807, 2.05) is 30.3 Å². The van der Waals surface area contributed by atoms with Gasteiger partial charge in [-0.05, 0) is 44.0 Å². The van der Waals surface area contributed by atoms with E-state index < -0.39 is 5.82 Å². The average Bonchev–Trinajstić information content (AvgIpc) is 2.84. The molecule has 0 spiro atoms. The molecule has 0 saturated carbocycles. The zero-order valence-corrected chi connectivity index (χ0v) is 21.2. The van der Waals surface area contributed by atoms with Crippen LogP contribution in [0.25, 0.3) is 23.1 Å². The molecule has 0 atom stereocenters. The van der Waals surface area contributed by atoms with Crippen molar-refractivity contribution in [2.75, 3.05) is 63.2 Å². The summed E-state index contributed by atoms with van der Waals surface area (Å²) >= 11 is 6.56. The molecule has 0 amide bonds. The van der Waals surface area contributed by atoms with Crippen molar-refractivity contribution < 1.29 is 9.50 Å². The Morgan fingerprint density at radius 1 is 1.14 bits per heavy atom. The quantitative estimate of drug-likeness (QED) is 0.382. The molecule has 0 aliphatic carbocycles. The lowest BCUT2D eigenvalue weighted by atomic mass is 10.1. The van der Waals surface area contributed by atoms with Crippen LogP contribution in [0.5, 0.6) is 0 Å². The standard InChI is InChI=1S/C27H30ClFN6O/c1-33(2)19-16-35(17-19)27-31-25-22(26(32-27)34-12-10-30-11-13-34)15-23(28)21(24(25)29)9-8-20(36)14-18-6-4-3-5-7-18/h3-9,14-15,19,30,36H,10-13,16-17H2,1-2H3/b9-8+,20-14+. The molecule has 1 aromatic heterocycles. The molecule has 2 aliphatic heterocycles. The minimum absolute atomic E-state index is 0.00282. The average molecular weight is 509 g/mol. The van der Waals surface area contributed by atoms with Crippen LogP contribution in [0.2, 0.25) is 5.02 Å². The Balaban J connectivity index is 1.55. The molecule has 7 nitrogen and oxygen atoms in total. The number of nitrogens with one attached hydrogen (secondary N) is 1. The van der Waals surface area contributed by atoms with Gasteiger partial charge in [-0.3, -0.25) is 0 Å². The van der Waals surface area contributed by atoms with E-state index in [0.29, 0.717) is 23.2 Å². The van der Waals surface area contributed by atoms with E-state index in [4.69, 9.17) is 16.6 Å². The number of aliphatic hydroxyl groups excluding tert-OH is 1. The maximum atomic E-state index is 15.9. The lowest BCUT2D eigenvalue weighted by Gasteiger charge is -2.43. The number of halogens is 2. The minimum Gasteiger partial charge on any atom is -0.508 e. The van der Waals surface area contributed by atoms with E-state index in [2.05, 4.69) is 39.1 Å². The van der Waals surface area contributed by atoms with Gasteiger partial charge in [0.15, 0.2) is 5.82 Å². The van der Waals surface area contributed by atoms with Crippen LogP contribution in [-0.2, 0) is 0 Å². The molecule has 3 heterocycles. The summed E-state index contributed by atoms with van der Waals surface area (Å²) in [4.78, 5) is 15.9. The first-order valence-electron chi connectivity index (χ1n) is 12.1. The van der Waals surface area contributed by atoms with Crippen molar-refractivity contribution in [2.24, 2.45) is 0 Å². The number of aliphatic hydroxyl groups is 1. The number of hydrogen-bond donors (Lipinski definition) is 2. The highest BCUT2D eigenvalue weighted by Gasteiger charge is 2.32. The van der Waals surface area contributed by atoms with Crippen LogP contribution in [-0.4, -0.2) is 79.4 Å². The summed E-state index contributed by atoms with van der Waals surface area (Å²) in [7, 11) is 4.11. The maximum absolute atomic E-state index is 15.9. The first-order valence-corrected chi connectivity index (χ1v) is 12.5. The number of likely N-dealkylation sites (N-methyl/N-ethyl adjacent to an activating group) is 1. The zero-order valence-electron chi connectivity index (χ0n) is 20.5. The van der Waals surface area contributed by atoms with Gasteiger partial charge >= 0.3 is 0 Å². The van der Waals surface area contributed by atoms with Crippen molar-refractivity contribution in [3.05, 3.63) is 70.2 Å². The predicted molar refractivity (Wildman–Crippen MR) is 145 cm³/mol. The van der Waals surface area contributed by atoms with Crippen molar-refractivity contribution in [2.45, 2.75) is 6.04 Å². The molecular formula is C27H30ClFN6O. The van der Waals surface area contributed by atoms with Crippen LogP contribution in [0.3, 0.4) is 0 Å². The summed E-state index contributed by atoms with van der Waals surface area (Å²) in [5.41, 5.74) is 1.26. The monoisotopic (exact) mass is 508 g/mol. The van der Waals surface area contributed by atoms with Gasteiger partial charge in [-0.25, -0.2) is 9.37 Å². The molecular weight excluding hydrogens is 479 g/mol. The zero-order chi connectivity index (χ0) is 25.2. The Morgan fingerprint density at radius 3 is 2.56 bits per heavy atom. The maximum Gasteiger partial charge on any atom is 0.228 e. The van der Waals surface area contributed by atoms with E-state index in [-0.39, 0.29) is 21.9 Å². The van der Waals surface area contributed by atoms with Gasteiger partial charge in [-0.15, -0.1) is 0 Å². The SMILES string of the molecule is CN(C)C1CN(c2nc(N3CCNCC3)c3cc(Cl)c(/C=C/C(O)=C\c4ccccc4)c(F)c3n2)C1. The summed E-state index contributed by atoms with van der Waals surface area (Å²) < 4.78 is 15.9. The van der Waals surface area contributed by atoms with E-state index in [1.165, 1.54) is 12.2 Å². The van der Waals surface area contributed by atoms with E-state index in [1.54, 1.807) is 12.1 Å². The molecule has 36 heavy (non-hydrogen) atoms. The van der Waals surface area contributed by atoms with Crippen LogP contribution >= 0.6 is 11.6 Å². The number of anilines is 2. The molecule has 0 radical (unpaired) electrons. The number of nitrogens with zero attached hydrogens (tertiary/aromatic N) is 5. The van der Waals surface area contributed by atoms with Crippen LogP contribution in [0.1, 0.15) is 11.1 Å². The Kier molecular flexibility index (Phi) is 7.09. The number of benzene rings is 2. The summed E-state index contributed by atoms with van der Waals surface area (Å²) in [6, 6.07) is 11.6. The topological polar surface area (TPSA) is 67.8 Å².